The Morgan fingerprint density at radius 3 is 2.62 bits per heavy atom. The molecule has 7 heteroatoms. The molecule has 6 unspecified atom stereocenters. The highest BCUT2D eigenvalue weighted by Gasteiger charge is 2.53. The number of fused-ring (bicyclic) bond motifs is 4. The SMILES string of the molecule is C=C1C(=O)OC2(C)CCC1CC1OC1(C)CC=CC(C)(OO)CCC2OC(C)=O. The molecule has 1 aliphatic carbocycles. The molecule has 162 valence electrons. The van der Waals surface area contributed by atoms with E-state index in [9.17, 15) is 14.8 Å². The van der Waals surface area contributed by atoms with Crippen LogP contribution in [0.4, 0.5) is 0 Å². The minimum absolute atomic E-state index is 0.0274. The quantitative estimate of drug-likeness (QED) is 0.186. The first kappa shape index (κ1) is 22.0. The third kappa shape index (κ3) is 4.73. The topological polar surface area (TPSA) is 94.6 Å². The molecular formula is C22H32O7. The van der Waals surface area contributed by atoms with Gasteiger partial charge in [0.2, 0.25) is 0 Å². The maximum absolute atomic E-state index is 12.8. The summed E-state index contributed by atoms with van der Waals surface area (Å²) in [6, 6.07) is 0. The van der Waals surface area contributed by atoms with Gasteiger partial charge in [0, 0.05) is 12.5 Å². The molecule has 0 radical (unpaired) electrons. The summed E-state index contributed by atoms with van der Waals surface area (Å²) in [5.74, 6) is -0.937. The zero-order valence-electron chi connectivity index (χ0n) is 17.7. The molecule has 0 saturated carbocycles. The Labute approximate surface area is 172 Å². The Hall–Kier alpha value is -1.70. The van der Waals surface area contributed by atoms with E-state index in [0.29, 0.717) is 44.1 Å². The van der Waals surface area contributed by atoms with E-state index in [2.05, 4.69) is 6.58 Å². The molecule has 2 heterocycles. The van der Waals surface area contributed by atoms with Gasteiger partial charge in [0.25, 0.3) is 0 Å². The summed E-state index contributed by atoms with van der Waals surface area (Å²) in [7, 11) is 0. The summed E-state index contributed by atoms with van der Waals surface area (Å²) in [4.78, 5) is 29.3. The number of hydrogen-bond acceptors (Lipinski definition) is 7. The van der Waals surface area contributed by atoms with E-state index in [1.807, 2.05) is 19.1 Å². The van der Waals surface area contributed by atoms with Gasteiger partial charge in [-0.2, -0.15) is 0 Å². The van der Waals surface area contributed by atoms with Gasteiger partial charge < -0.3 is 14.2 Å². The first-order chi connectivity index (χ1) is 13.5. The molecule has 2 bridgehead atoms. The molecular weight excluding hydrogens is 376 g/mol. The molecule has 0 aromatic rings. The number of epoxide rings is 1. The fourth-order valence-corrected chi connectivity index (χ4v) is 4.45. The van der Waals surface area contributed by atoms with E-state index in [1.165, 1.54) is 6.92 Å². The number of esters is 2. The van der Waals surface area contributed by atoms with Gasteiger partial charge in [0.05, 0.1) is 11.7 Å². The highest BCUT2D eigenvalue weighted by molar-refractivity contribution is 5.89. The predicted octanol–water partition coefficient (Wildman–Crippen LogP) is 3.72. The lowest BCUT2D eigenvalue weighted by atomic mass is 9.82. The zero-order chi connectivity index (χ0) is 21.4. The molecule has 1 N–H and O–H groups in total. The van der Waals surface area contributed by atoms with Gasteiger partial charge in [0.1, 0.15) is 17.3 Å². The second-order valence-electron chi connectivity index (χ2n) is 9.27. The Kier molecular flexibility index (Phi) is 5.96. The molecule has 0 aromatic carbocycles. The molecule has 0 amide bonds. The standard InChI is InChI=1S/C22H32O7/c1-14-16-7-12-22(5,28-19(14)24)17(26-15(2)23)8-11-20(3,29-25)9-6-10-21(4)18(13-16)27-21/h6,9,16-18,25H,1,7-8,10-13H2,2-5H3. The van der Waals surface area contributed by atoms with Gasteiger partial charge in [-0.3, -0.25) is 10.1 Å². The van der Waals surface area contributed by atoms with Crippen LogP contribution >= 0.6 is 0 Å². The van der Waals surface area contributed by atoms with Crippen molar-refractivity contribution in [2.45, 2.75) is 95.2 Å². The lowest BCUT2D eigenvalue weighted by Gasteiger charge is -2.36. The molecule has 3 rings (SSSR count). The van der Waals surface area contributed by atoms with Crippen LogP contribution in [0.5, 0.6) is 0 Å². The smallest absolute Gasteiger partial charge is 0.334 e. The second kappa shape index (κ2) is 7.85. The summed E-state index contributed by atoms with van der Waals surface area (Å²) < 4.78 is 17.3. The number of ether oxygens (including phenoxy) is 3. The number of hydrogen-bond donors (Lipinski definition) is 1. The lowest BCUT2D eigenvalue weighted by molar-refractivity contribution is -0.305. The van der Waals surface area contributed by atoms with E-state index in [-0.39, 0.29) is 17.6 Å². The Bertz CT molecular complexity index is 716. The number of carbonyl (C=O) groups is 2. The van der Waals surface area contributed by atoms with Gasteiger partial charge in [-0.05, 0) is 65.2 Å². The third-order valence-corrected chi connectivity index (χ3v) is 6.70. The highest BCUT2D eigenvalue weighted by Crippen LogP contribution is 2.47. The Morgan fingerprint density at radius 1 is 1.24 bits per heavy atom. The van der Waals surface area contributed by atoms with Crippen LogP contribution in [0.3, 0.4) is 0 Å². The second-order valence-corrected chi connectivity index (χ2v) is 9.27. The fourth-order valence-electron chi connectivity index (χ4n) is 4.45. The van der Waals surface area contributed by atoms with Gasteiger partial charge in [-0.25, -0.2) is 9.68 Å². The van der Waals surface area contributed by atoms with Crippen molar-refractivity contribution in [1.29, 1.82) is 0 Å². The molecule has 29 heavy (non-hydrogen) atoms. The number of rotatable bonds is 2. The van der Waals surface area contributed by atoms with Crippen LogP contribution in [-0.4, -0.2) is 46.2 Å². The summed E-state index contributed by atoms with van der Waals surface area (Å²) in [5.41, 5.74) is -1.79. The molecule has 2 aliphatic heterocycles. The van der Waals surface area contributed by atoms with Crippen LogP contribution < -0.4 is 0 Å². The average Bonchev–Trinajstić information content (AvgIpc) is 3.31. The van der Waals surface area contributed by atoms with Crippen LogP contribution in [0.25, 0.3) is 0 Å². The van der Waals surface area contributed by atoms with E-state index >= 15 is 0 Å². The maximum Gasteiger partial charge on any atom is 0.334 e. The number of carbonyl (C=O) groups excluding carboxylic acids is 2. The third-order valence-electron chi connectivity index (χ3n) is 6.70. The minimum Gasteiger partial charge on any atom is -0.458 e. The summed E-state index contributed by atoms with van der Waals surface area (Å²) in [5, 5.41) is 9.49. The van der Waals surface area contributed by atoms with Gasteiger partial charge in [-0.15, -0.1) is 0 Å². The normalized spacial score (nSPS) is 43.0. The highest BCUT2D eigenvalue weighted by atomic mass is 17.1. The molecule has 3 aliphatic rings. The van der Waals surface area contributed by atoms with E-state index < -0.39 is 29.2 Å². The van der Waals surface area contributed by atoms with Gasteiger partial charge >= 0.3 is 11.9 Å². The van der Waals surface area contributed by atoms with Crippen LogP contribution in [0.1, 0.15) is 66.2 Å². The molecule has 0 spiro atoms. The minimum atomic E-state index is -0.988. The van der Waals surface area contributed by atoms with Crippen molar-refractivity contribution >= 4 is 11.9 Å². The van der Waals surface area contributed by atoms with Crippen LogP contribution in [0.2, 0.25) is 0 Å². The van der Waals surface area contributed by atoms with Crippen LogP contribution in [0.15, 0.2) is 24.3 Å². The zero-order valence-corrected chi connectivity index (χ0v) is 17.7. The van der Waals surface area contributed by atoms with Crippen LogP contribution in [0, 0.1) is 5.92 Å². The van der Waals surface area contributed by atoms with Crippen molar-refractivity contribution in [1.82, 2.24) is 0 Å². The molecule has 0 aromatic heterocycles. The predicted molar refractivity (Wildman–Crippen MR) is 105 cm³/mol. The van der Waals surface area contributed by atoms with Crippen LogP contribution in [-0.2, 0) is 28.7 Å². The molecule has 2 fully saturated rings. The van der Waals surface area contributed by atoms with Gasteiger partial charge in [-0.1, -0.05) is 18.7 Å². The first-order valence-electron chi connectivity index (χ1n) is 10.3. The van der Waals surface area contributed by atoms with Crippen molar-refractivity contribution in [2.75, 3.05) is 0 Å². The monoisotopic (exact) mass is 408 g/mol. The Morgan fingerprint density at radius 2 is 1.97 bits per heavy atom. The Balaban J connectivity index is 1.95. The summed E-state index contributed by atoms with van der Waals surface area (Å²) in [6.45, 7) is 10.9. The summed E-state index contributed by atoms with van der Waals surface area (Å²) in [6.07, 6.45) is 6.46. The fraction of sp³-hybridized carbons (Fsp3) is 0.727. The van der Waals surface area contributed by atoms with E-state index in [4.69, 9.17) is 19.1 Å². The first-order valence-corrected chi connectivity index (χ1v) is 10.3. The average molecular weight is 408 g/mol. The van der Waals surface area contributed by atoms with Crippen molar-refractivity contribution in [3.63, 3.8) is 0 Å². The summed E-state index contributed by atoms with van der Waals surface area (Å²) >= 11 is 0. The van der Waals surface area contributed by atoms with Crippen molar-refractivity contribution in [2.24, 2.45) is 5.92 Å². The molecule has 2 saturated heterocycles. The lowest BCUT2D eigenvalue weighted by Crippen LogP contribution is -2.46. The van der Waals surface area contributed by atoms with Crippen molar-refractivity contribution in [3.05, 3.63) is 24.3 Å². The molecule has 7 nitrogen and oxygen atoms in total. The van der Waals surface area contributed by atoms with Crippen molar-refractivity contribution < 1.29 is 33.9 Å². The largest absolute Gasteiger partial charge is 0.458 e. The molecule has 6 atom stereocenters. The van der Waals surface area contributed by atoms with Gasteiger partial charge in [0.15, 0.2) is 0 Å². The van der Waals surface area contributed by atoms with E-state index in [0.717, 1.165) is 0 Å². The van der Waals surface area contributed by atoms with E-state index in [1.54, 1.807) is 13.8 Å². The van der Waals surface area contributed by atoms with Crippen molar-refractivity contribution in [3.8, 4) is 0 Å². The maximum atomic E-state index is 12.8.